The summed E-state index contributed by atoms with van der Waals surface area (Å²) in [5.74, 6) is 0.595. The van der Waals surface area contributed by atoms with Crippen LogP contribution in [0.15, 0.2) is 0 Å². The molecule has 3 atom stereocenters. The average molecular weight is 155 g/mol. The molecule has 0 radical (unpaired) electrons. The smallest absolute Gasteiger partial charge is 0.220 e. The van der Waals surface area contributed by atoms with Crippen LogP contribution in [0.1, 0.15) is 32.6 Å². The van der Waals surface area contributed by atoms with Crippen molar-refractivity contribution in [1.29, 1.82) is 0 Å². The Morgan fingerprint density at radius 1 is 1.64 bits per heavy atom. The van der Waals surface area contributed by atoms with Crippen molar-refractivity contribution in [1.82, 2.24) is 0 Å². The minimum atomic E-state index is -0.194. The van der Waals surface area contributed by atoms with Gasteiger partial charge in [0.25, 0.3) is 0 Å². The summed E-state index contributed by atoms with van der Waals surface area (Å²) in [5, 5.41) is 10.5. The number of rotatable bonds is 1. The third kappa shape index (κ3) is 0.798. The van der Waals surface area contributed by atoms with Crippen LogP contribution in [0.4, 0.5) is 0 Å². The molecule has 2 aliphatic rings. The van der Waals surface area contributed by atoms with Gasteiger partial charge in [0.2, 0.25) is 6.04 Å². The molecular weight excluding hydrogens is 142 g/mol. The van der Waals surface area contributed by atoms with Gasteiger partial charge in [-0.05, 0) is 18.8 Å². The topological polar surface area (TPSA) is 43.1 Å². The predicted molar refractivity (Wildman–Crippen MR) is 40.8 cm³/mol. The first-order chi connectivity index (χ1) is 5.17. The zero-order valence-electron chi connectivity index (χ0n) is 6.75. The third-order valence-electron chi connectivity index (χ3n) is 3.59. The second-order valence-electron chi connectivity index (χ2n) is 4.03. The van der Waals surface area contributed by atoms with Gasteiger partial charge >= 0.3 is 0 Å². The molecule has 2 rings (SSSR count). The molecule has 2 fully saturated rings. The lowest BCUT2D eigenvalue weighted by atomic mass is 9.94. The van der Waals surface area contributed by atoms with Crippen LogP contribution in [0.25, 0.3) is 0 Å². The summed E-state index contributed by atoms with van der Waals surface area (Å²) in [6.45, 7) is 2.16. The minimum Gasteiger partial charge on any atom is -0.264 e. The van der Waals surface area contributed by atoms with Crippen molar-refractivity contribution in [3.63, 3.8) is 0 Å². The van der Waals surface area contributed by atoms with Crippen molar-refractivity contribution >= 4 is 0 Å². The SMILES string of the molecule is CC1CCCC12CC2[N+](=O)[O-]. The van der Waals surface area contributed by atoms with E-state index in [4.69, 9.17) is 0 Å². The first-order valence-corrected chi connectivity index (χ1v) is 4.30. The average Bonchev–Trinajstić information content (AvgIpc) is 2.54. The summed E-state index contributed by atoms with van der Waals surface area (Å²) in [7, 11) is 0. The molecule has 3 unspecified atom stereocenters. The fraction of sp³-hybridized carbons (Fsp3) is 1.00. The monoisotopic (exact) mass is 155 g/mol. The van der Waals surface area contributed by atoms with E-state index in [2.05, 4.69) is 6.92 Å². The van der Waals surface area contributed by atoms with E-state index in [0.29, 0.717) is 5.92 Å². The first kappa shape index (κ1) is 7.07. The molecule has 2 aliphatic carbocycles. The molecule has 0 bridgehead atoms. The van der Waals surface area contributed by atoms with Crippen LogP contribution in [-0.4, -0.2) is 11.0 Å². The van der Waals surface area contributed by atoms with Gasteiger partial charge in [-0.1, -0.05) is 13.3 Å². The van der Waals surface area contributed by atoms with Crippen LogP contribution in [0, 0.1) is 21.4 Å². The van der Waals surface area contributed by atoms with Gasteiger partial charge in [0, 0.05) is 16.8 Å². The number of nitrogens with zero attached hydrogens (tertiary/aromatic N) is 1. The van der Waals surface area contributed by atoms with Gasteiger partial charge in [0.05, 0.1) is 0 Å². The highest BCUT2D eigenvalue weighted by atomic mass is 16.6. The molecular formula is C8H13NO2. The second-order valence-corrected chi connectivity index (χ2v) is 4.03. The van der Waals surface area contributed by atoms with E-state index in [1.807, 2.05) is 0 Å². The van der Waals surface area contributed by atoms with Crippen LogP contribution in [0.5, 0.6) is 0 Å². The van der Waals surface area contributed by atoms with Crippen molar-refractivity contribution in [3.05, 3.63) is 10.1 Å². The molecule has 0 N–H and O–H groups in total. The molecule has 0 aromatic carbocycles. The molecule has 0 heterocycles. The van der Waals surface area contributed by atoms with Crippen LogP contribution >= 0.6 is 0 Å². The summed E-state index contributed by atoms with van der Waals surface area (Å²) in [4.78, 5) is 10.4. The maximum absolute atomic E-state index is 10.5. The van der Waals surface area contributed by atoms with E-state index in [1.165, 1.54) is 12.8 Å². The van der Waals surface area contributed by atoms with Crippen molar-refractivity contribution in [2.75, 3.05) is 0 Å². The van der Waals surface area contributed by atoms with Gasteiger partial charge in [-0.15, -0.1) is 0 Å². The van der Waals surface area contributed by atoms with E-state index in [9.17, 15) is 10.1 Å². The van der Waals surface area contributed by atoms with Crippen LogP contribution in [0.2, 0.25) is 0 Å². The lowest BCUT2D eigenvalue weighted by Crippen LogP contribution is -2.16. The molecule has 3 heteroatoms. The van der Waals surface area contributed by atoms with E-state index >= 15 is 0 Å². The van der Waals surface area contributed by atoms with E-state index in [1.54, 1.807) is 0 Å². The molecule has 0 saturated heterocycles. The molecule has 0 aliphatic heterocycles. The van der Waals surface area contributed by atoms with E-state index in [-0.39, 0.29) is 16.4 Å². The summed E-state index contributed by atoms with van der Waals surface area (Å²) in [5.41, 5.74) is 0.142. The molecule has 0 amide bonds. The lowest BCUT2D eigenvalue weighted by molar-refractivity contribution is -0.503. The lowest BCUT2D eigenvalue weighted by Gasteiger charge is -2.09. The van der Waals surface area contributed by atoms with Gasteiger partial charge in [0.1, 0.15) is 0 Å². The molecule has 1 spiro atoms. The molecule has 0 aromatic heterocycles. The Morgan fingerprint density at radius 2 is 2.36 bits per heavy atom. The summed E-state index contributed by atoms with van der Waals surface area (Å²) in [6.07, 6.45) is 4.34. The van der Waals surface area contributed by atoms with Crippen LogP contribution in [-0.2, 0) is 0 Å². The standard InChI is InChI=1S/C8H13NO2/c1-6-3-2-4-8(6)5-7(8)9(10)11/h6-7H,2-5H2,1H3. The second kappa shape index (κ2) is 1.96. The summed E-state index contributed by atoms with van der Waals surface area (Å²) in [6, 6.07) is -0.194. The van der Waals surface area contributed by atoms with Crippen molar-refractivity contribution in [2.24, 2.45) is 11.3 Å². The van der Waals surface area contributed by atoms with Crippen LogP contribution in [0.3, 0.4) is 0 Å². The zero-order chi connectivity index (χ0) is 8.06. The normalized spacial score (nSPS) is 48.1. The zero-order valence-corrected chi connectivity index (χ0v) is 6.75. The van der Waals surface area contributed by atoms with Gasteiger partial charge in [0.15, 0.2) is 0 Å². The van der Waals surface area contributed by atoms with Crippen LogP contribution < -0.4 is 0 Å². The minimum absolute atomic E-state index is 0.0815. The molecule has 0 aromatic rings. The number of hydrogen-bond donors (Lipinski definition) is 0. The predicted octanol–water partition coefficient (Wildman–Crippen LogP) is 1.84. The maximum atomic E-state index is 10.5. The molecule has 3 nitrogen and oxygen atoms in total. The Morgan fingerprint density at radius 3 is 2.73 bits per heavy atom. The maximum Gasteiger partial charge on any atom is 0.220 e. The largest absolute Gasteiger partial charge is 0.264 e. The Bertz CT molecular complexity index is 204. The van der Waals surface area contributed by atoms with Gasteiger partial charge < -0.3 is 0 Å². The fourth-order valence-electron chi connectivity index (χ4n) is 2.66. The van der Waals surface area contributed by atoms with E-state index in [0.717, 1.165) is 12.8 Å². The molecule has 11 heavy (non-hydrogen) atoms. The summed E-state index contributed by atoms with van der Waals surface area (Å²) >= 11 is 0. The molecule has 62 valence electrons. The van der Waals surface area contributed by atoms with Crippen molar-refractivity contribution in [2.45, 2.75) is 38.6 Å². The molecule has 2 saturated carbocycles. The summed E-state index contributed by atoms with van der Waals surface area (Å²) < 4.78 is 0. The van der Waals surface area contributed by atoms with Crippen molar-refractivity contribution in [3.8, 4) is 0 Å². The highest BCUT2D eigenvalue weighted by molar-refractivity contribution is 5.08. The number of nitro groups is 1. The van der Waals surface area contributed by atoms with Gasteiger partial charge in [-0.25, -0.2) is 0 Å². The van der Waals surface area contributed by atoms with Crippen molar-refractivity contribution < 1.29 is 4.92 Å². The quantitative estimate of drug-likeness (QED) is 0.428. The Hall–Kier alpha value is -0.600. The van der Waals surface area contributed by atoms with Gasteiger partial charge in [-0.2, -0.15) is 0 Å². The Balaban J connectivity index is 2.10. The first-order valence-electron chi connectivity index (χ1n) is 4.30. The number of hydrogen-bond acceptors (Lipinski definition) is 2. The Labute approximate surface area is 65.9 Å². The van der Waals surface area contributed by atoms with E-state index < -0.39 is 0 Å². The fourth-order valence-corrected chi connectivity index (χ4v) is 2.66. The Kier molecular flexibility index (Phi) is 1.26. The van der Waals surface area contributed by atoms with Gasteiger partial charge in [-0.3, -0.25) is 10.1 Å². The highest BCUT2D eigenvalue weighted by Crippen LogP contribution is 2.62. The third-order valence-corrected chi connectivity index (χ3v) is 3.59. The highest BCUT2D eigenvalue weighted by Gasteiger charge is 2.67.